The van der Waals surface area contributed by atoms with E-state index in [4.69, 9.17) is 9.47 Å². The van der Waals surface area contributed by atoms with Crippen molar-refractivity contribution in [2.24, 2.45) is 7.05 Å². The molecule has 1 aliphatic heterocycles. The first-order valence-corrected chi connectivity index (χ1v) is 12.3. The number of imidazole rings is 1. The van der Waals surface area contributed by atoms with Gasteiger partial charge in [-0.1, -0.05) is 0 Å². The number of fused-ring (bicyclic) bond motifs is 2. The first-order chi connectivity index (χ1) is 17.9. The van der Waals surface area contributed by atoms with Crippen LogP contribution in [0.3, 0.4) is 0 Å². The Morgan fingerprint density at radius 2 is 2.03 bits per heavy atom. The van der Waals surface area contributed by atoms with Crippen LogP contribution in [-0.2, 0) is 24.8 Å². The van der Waals surface area contributed by atoms with Gasteiger partial charge in [0, 0.05) is 43.9 Å². The predicted octanol–water partition coefficient (Wildman–Crippen LogP) is 4.66. The van der Waals surface area contributed by atoms with Crippen LogP contribution >= 0.6 is 0 Å². The lowest BCUT2D eigenvalue weighted by Gasteiger charge is -2.28. The van der Waals surface area contributed by atoms with Gasteiger partial charge in [0.25, 0.3) is 0 Å². The topological polar surface area (TPSA) is 104 Å². The van der Waals surface area contributed by atoms with E-state index in [1.807, 2.05) is 13.0 Å². The Balaban J connectivity index is 1.71. The van der Waals surface area contributed by atoms with E-state index in [0.717, 1.165) is 11.4 Å². The minimum Gasteiger partial charge on any atom is -0.493 e. The van der Waals surface area contributed by atoms with Gasteiger partial charge < -0.3 is 9.47 Å². The summed E-state index contributed by atoms with van der Waals surface area (Å²) in [5.41, 5.74) is 2.96. The zero-order valence-electron chi connectivity index (χ0n) is 22.2. The summed E-state index contributed by atoms with van der Waals surface area (Å²) < 4.78 is 29.7. The highest BCUT2D eigenvalue weighted by atomic mass is 19.1. The van der Waals surface area contributed by atoms with Gasteiger partial charge in [0.2, 0.25) is 5.95 Å². The quantitative estimate of drug-likeness (QED) is 0.353. The summed E-state index contributed by atoms with van der Waals surface area (Å²) in [6, 6.07) is 4.80. The fourth-order valence-corrected chi connectivity index (χ4v) is 4.56. The molecular weight excluding hydrogens is 491 g/mol. The number of anilines is 1. The number of ketones is 1. The molecule has 3 aromatic heterocycles. The van der Waals surface area contributed by atoms with Crippen molar-refractivity contribution >= 4 is 23.5 Å². The SMILES string of the molecule is CC(=O)c1cn2c(N(Cc3c(F)ccc4c3CCO4)C(=O)OC(C)(C)C)ncc(-c3cc(C)nn3C)c2n1. The highest BCUT2D eigenvalue weighted by Crippen LogP contribution is 2.33. The van der Waals surface area contributed by atoms with Gasteiger partial charge >= 0.3 is 6.09 Å². The Bertz CT molecular complexity index is 1580. The normalized spacial score (nSPS) is 12.9. The molecule has 0 fully saturated rings. The minimum atomic E-state index is -0.819. The highest BCUT2D eigenvalue weighted by molar-refractivity contribution is 5.94. The number of ether oxygens (including phenoxy) is 2. The van der Waals surface area contributed by atoms with Gasteiger partial charge in [-0.05, 0) is 45.9 Å². The molecule has 0 unspecified atom stereocenters. The van der Waals surface area contributed by atoms with Crippen LogP contribution in [0, 0.1) is 12.7 Å². The van der Waals surface area contributed by atoms with Gasteiger partial charge in [0.15, 0.2) is 11.4 Å². The van der Waals surface area contributed by atoms with E-state index in [2.05, 4.69) is 15.1 Å². The van der Waals surface area contributed by atoms with Crippen molar-refractivity contribution in [3.8, 4) is 17.0 Å². The first-order valence-electron chi connectivity index (χ1n) is 12.3. The minimum absolute atomic E-state index is 0.132. The third kappa shape index (κ3) is 4.59. The average molecular weight is 521 g/mol. The maximum absolute atomic E-state index is 15.2. The number of aromatic nitrogens is 5. The molecule has 11 heteroatoms. The zero-order chi connectivity index (χ0) is 27.4. The monoisotopic (exact) mass is 520 g/mol. The predicted molar refractivity (Wildman–Crippen MR) is 138 cm³/mol. The Kier molecular flexibility index (Phi) is 6.16. The summed E-state index contributed by atoms with van der Waals surface area (Å²) in [6.45, 7) is 8.81. The zero-order valence-corrected chi connectivity index (χ0v) is 22.2. The van der Waals surface area contributed by atoms with Crippen molar-refractivity contribution in [1.82, 2.24) is 24.1 Å². The summed E-state index contributed by atoms with van der Waals surface area (Å²) in [7, 11) is 1.80. The number of Topliss-reactive ketones (excluding diaryl/α,β-unsaturated/α-hetero) is 1. The molecule has 0 aliphatic carbocycles. The number of hydrogen-bond donors (Lipinski definition) is 0. The summed E-state index contributed by atoms with van der Waals surface area (Å²) >= 11 is 0. The van der Waals surface area contributed by atoms with E-state index in [-0.39, 0.29) is 24.0 Å². The Labute approximate surface area is 219 Å². The van der Waals surface area contributed by atoms with E-state index < -0.39 is 17.5 Å². The third-order valence-electron chi connectivity index (χ3n) is 6.22. The second kappa shape index (κ2) is 9.23. The molecule has 0 radical (unpaired) electrons. The molecule has 0 bridgehead atoms. The molecular formula is C27H29FN6O4. The number of rotatable bonds is 5. The number of aryl methyl sites for hydroxylation is 2. The molecule has 0 saturated heterocycles. The molecule has 0 spiro atoms. The number of nitrogens with zero attached hydrogens (tertiary/aromatic N) is 6. The Morgan fingerprint density at radius 1 is 1.26 bits per heavy atom. The van der Waals surface area contributed by atoms with Crippen LogP contribution in [0.5, 0.6) is 5.75 Å². The van der Waals surface area contributed by atoms with Crippen LogP contribution < -0.4 is 9.64 Å². The number of carbonyl (C=O) groups excluding carboxylic acids is 2. The fraction of sp³-hybridized carbons (Fsp3) is 0.370. The fourth-order valence-electron chi connectivity index (χ4n) is 4.56. The molecule has 1 aromatic carbocycles. The molecule has 1 aliphatic rings. The number of benzene rings is 1. The van der Waals surface area contributed by atoms with Gasteiger partial charge in [0.1, 0.15) is 22.9 Å². The maximum Gasteiger partial charge on any atom is 0.417 e. The van der Waals surface area contributed by atoms with Crippen molar-refractivity contribution in [3.63, 3.8) is 0 Å². The number of carbonyl (C=O) groups is 2. The standard InChI is InChI=1S/C27H29FN6O4/c1-15-11-22(32(6)31-15)18-12-29-25(33-14-21(16(2)35)30-24(18)33)34(26(36)38-27(3,4)5)13-19-17-9-10-37-23(17)8-7-20(19)28/h7-8,11-12,14H,9-10,13H2,1-6H3. The molecule has 4 aromatic rings. The molecule has 0 saturated carbocycles. The van der Waals surface area contributed by atoms with Crippen LogP contribution in [0.25, 0.3) is 16.9 Å². The maximum atomic E-state index is 15.2. The summed E-state index contributed by atoms with van der Waals surface area (Å²) in [4.78, 5) is 36.3. The van der Waals surface area contributed by atoms with Crippen LogP contribution in [0.4, 0.5) is 15.1 Å². The molecule has 198 valence electrons. The van der Waals surface area contributed by atoms with E-state index >= 15 is 4.39 Å². The average Bonchev–Trinajstić information content (AvgIpc) is 3.55. The number of hydrogen-bond acceptors (Lipinski definition) is 7. The van der Waals surface area contributed by atoms with Crippen molar-refractivity contribution in [2.45, 2.75) is 53.2 Å². The van der Waals surface area contributed by atoms with Crippen LogP contribution in [0.1, 0.15) is 55.0 Å². The van der Waals surface area contributed by atoms with Crippen molar-refractivity contribution < 1.29 is 23.5 Å². The van der Waals surface area contributed by atoms with Crippen LogP contribution in [0.15, 0.2) is 30.6 Å². The van der Waals surface area contributed by atoms with Crippen LogP contribution in [-0.4, -0.2) is 48.2 Å². The van der Waals surface area contributed by atoms with Gasteiger partial charge in [-0.3, -0.25) is 13.9 Å². The molecule has 0 atom stereocenters. The van der Waals surface area contributed by atoms with E-state index in [1.165, 1.54) is 24.1 Å². The second-order valence-corrected chi connectivity index (χ2v) is 10.3. The molecule has 4 heterocycles. The van der Waals surface area contributed by atoms with Gasteiger partial charge in [-0.15, -0.1) is 0 Å². The lowest BCUT2D eigenvalue weighted by Crippen LogP contribution is -2.38. The molecule has 5 rings (SSSR count). The highest BCUT2D eigenvalue weighted by Gasteiger charge is 2.31. The van der Waals surface area contributed by atoms with Gasteiger partial charge in [-0.25, -0.2) is 24.1 Å². The Hall–Kier alpha value is -4.28. The van der Waals surface area contributed by atoms with E-state index in [0.29, 0.717) is 41.1 Å². The second-order valence-electron chi connectivity index (χ2n) is 10.3. The molecule has 38 heavy (non-hydrogen) atoms. The van der Waals surface area contributed by atoms with Crippen molar-refractivity contribution in [3.05, 3.63) is 58.9 Å². The van der Waals surface area contributed by atoms with Crippen molar-refractivity contribution in [1.29, 1.82) is 0 Å². The number of amides is 1. The summed E-state index contributed by atoms with van der Waals surface area (Å²) in [5, 5.41) is 4.41. The molecule has 0 N–H and O–H groups in total. The summed E-state index contributed by atoms with van der Waals surface area (Å²) in [6.07, 6.45) is 2.90. The smallest absolute Gasteiger partial charge is 0.417 e. The van der Waals surface area contributed by atoms with Crippen LogP contribution in [0.2, 0.25) is 0 Å². The van der Waals surface area contributed by atoms with E-state index in [9.17, 15) is 9.59 Å². The third-order valence-corrected chi connectivity index (χ3v) is 6.22. The molecule has 10 nitrogen and oxygen atoms in total. The lowest BCUT2D eigenvalue weighted by molar-refractivity contribution is 0.0574. The first kappa shape index (κ1) is 25.4. The number of halogens is 1. The van der Waals surface area contributed by atoms with Gasteiger partial charge in [0.05, 0.1) is 30.1 Å². The lowest BCUT2D eigenvalue weighted by atomic mass is 10.0. The summed E-state index contributed by atoms with van der Waals surface area (Å²) in [5.74, 6) is 0.00985. The van der Waals surface area contributed by atoms with E-state index in [1.54, 1.807) is 49.2 Å². The van der Waals surface area contributed by atoms with Gasteiger partial charge in [-0.2, -0.15) is 5.10 Å². The largest absolute Gasteiger partial charge is 0.493 e. The van der Waals surface area contributed by atoms with Crippen molar-refractivity contribution in [2.75, 3.05) is 11.5 Å². The Morgan fingerprint density at radius 3 is 2.68 bits per heavy atom. The molecule has 1 amide bonds.